The zero-order valence-electron chi connectivity index (χ0n) is 10.5. The van der Waals surface area contributed by atoms with Gasteiger partial charge >= 0.3 is 0 Å². The second-order valence-corrected chi connectivity index (χ2v) is 6.22. The number of benzene rings is 2. The number of rotatable bonds is 4. The molecule has 0 aliphatic carbocycles. The Labute approximate surface area is 137 Å². The SMILES string of the molecule is CCNC(c1ccc(Cl)cc1)c1ccc(I)c(Cl)c1. The molecule has 0 saturated heterocycles. The van der Waals surface area contributed by atoms with Crippen LogP contribution in [0, 0.1) is 3.57 Å². The van der Waals surface area contributed by atoms with Crippen molar-refractivity contribution in [3.05, 3.63) is 67.2 Å². The highest BCUT2D eigenvalue weighted by Crippen LogP contribution is 2.28. The summed E-state index contributed by atoms with van der Waals surface area (Å²) in [6.07, 6.45) is 0. The largest absolute Gasteiger partial charge is 0.307 e. The molecule has 1 nitrogen and oxygen atoms in total. The summed E-state index contributed by atoms with van der Waals surface area (Å²) < 4.78 is 1.06. The molecule has 1 atom stereocenters. The van der Waals surface area contributed by atoms with Crippen molar-refractivity contribution in [2.75, 3.05) is 6.54 Å². The van der Waals surface area contributed by atoms with Crippen LogP contribution in [-0.4, -0.2) is 6.54 Å². The van der Waals surface area contributed by atoms with E-state index < -0.39 is 0 Å². The molecule has 0 fully saturated rings. The molecule has 2 aromatic carbocycles. The average molecular weight is 406 g/mol. The third-order valence-electron chi connectivity index (χ3n) is 2.89. The first kappa shape index (κ1) is 15.1. The Morgan fingerprint density at radius 3 is 2.26 bits per heavy atom. The van der Waals surface area contributed by atoms with E-state index in [0.717, 1.165) is 25.7 Å². The van der Waals surface area contributed by atoms with Gasteiger partial charge in [-0.1, -0.05) is 48.3 Å². The third kappa shape index (κ3) is 3.85. The molecule has 0 heterocycles. The summed E-state index contributed by atoms with van der Waals surface area (Å²) in [4.78, 5) is 0. The van der Waals surface area contributed by atoms with Gasteiger partial charge in [0.1, 0.15) is 0 Å². The van der Waals surface area contributed by atoms with Crippen LogP contribution in [0.4, 0.5) is 0 Å². The van der Waals surface area contributed by atoms with Gasteiger partial charge in [-0.15, -0.1) is 0 Å². The molecule has 0 bridgehead atoms. The maximum atomic E-state index is 6.21. The Morgan fingerprint density at radius 1 is 1.05 bits per heavy atom. The highest BCUT2D eigenvalue weighted by atomic mass is 127. The van der Waals surface area contributed by atoms with E-state index in [2.05, 4.69) is 40.9 Å². The van der Waals surface area contributed by atoms with Gasteiger partial charge in [-0.2, -0.15) is 0 Å². The molecular weight excluding hydrogens is 392 g/mol. The fourth-order valence-corrected chi connectivity index (χ4v) is 2.63. The van der Waals surface area contributed by atoms with E-state index in [1.807, 2.05) is 36.4 Å². The van der Waals surface area contributed by atoms with E-state index >= 15 is 0 Å². The first-order chi connectivity index (χ1) is 9.11. The summed E-state index contributed by atoms with van der Waals surface area (Å²) in [5.41, 5.74) is 2.35. The van der Waals surface area contributed by atoms with Crippen LogP contribution in [0.2, 0.25) is 10.0 Å². The Hall–Kier alpha value is -0.290. The van der Waals surface area contributed by atoms with Crippen LogP contribution in [0.15, 0.2) is 42.5 Å². The summed E-state index contributed by atoms with van der Waals surface area (Å²) in [6, 6.07) is 14.2. The van der Waals surface area contributed by atoms with Crippen molar-refractivity contribution in [1.29, 1.82) is 0 Å². The highest BCUT2D eigenvalue weighted by molar-refractivity contribution is 14.1. The van der Waals surface area contributed by atoms with Gasteiger partial charge in [-0.05, 0) is 64.5 Å². The van der Waals surface area contributed by atoms with Crippen LogP contribution < -0.4 is 5.32 Å². The molecule has 19 heavy (non-hydrogen) atoms. The average Bonchev–Trinajstić information content (AvgIpc) is 2.41. The Balaban J connectivity index is 2.38. The van der Waals surface area contributed by atoms with Crippen LogP contribution in [0.25, 0.3) is 0 Å². The molecule has 0 aliphatic rings. The third-order valence-corrected chi connectivity index (χ3v) is 4.71. The second-order valence-electron chi connectivity index (χ2n) is 4.22. The van der Waals surface area contributed by atoms with Gasteiger partial charge in [0.05, 0.1) is 11.1 Å². The molecule has 100 valence electrons. The Bertz CT molecular complexity index is 555. The van der Waals surface area contributed by atoms with Crippen LogP contribution in [0.1, 0.15) is 24.1 Å². The minimum absolute atomic E-state index is 0.136. The number of hydrogen-bond acceptors (Lipinski definition) is 1. The molecule has 2 aromatic rings. The predicted molar refractivity (Wildman–Crippen MR) is 91.1 cm³/mol. The molecule has 0 aliphatic heterocycles. The fraction of sp³-hybridized carbons (Fsp3) is 0.200. The lowest BCUT2D eigenvalue weighted by Gasteiger charge is -2.19. The van der Waals surface area contributed by atoms with Crippen LogP contribution in [0.3, 0.4) is 0 Å². The van der Waals surface area contributed by atoms with Gasteiger partial charge in [0.15, 0.2) is 0 Å². The first-order valence-corrected chi connectivity index (χ1v) is 7.89. The fourth-order valence-electron chi connectivity index (χ4n) is 1.98. The lowest BCUT2D eigenvalue weighted by atomic mass is 9.99. The van der Waals surface area contributed by atoms with E-state index in [1.165, 1.54) is 5.56 Å². The van der Waals surface area contributed by atoms with Crippen molar-refractivity contribution in [2.24, 2.45) is 0 Å². The van der Waals surface area contributed by atoms with E-state index in [4.69, 9.17) is 23.2 Å². The Morgan fingerprint density at radius 2 is 1.68 bits per heavy atom. The topological polar surface area (TPSA) is 12.0 Å². The highest BCUT2D eigenvalue weighted by Gasteiger charge is 2.13. The predicted octanol–water partition coefficient (Wildman–Crippen LogP) is 5.30. The normalized spacial score (nSPS) is 12.4. The smallest absolute Gasteiger partial charge is 0.0577 e. The first-order valence-electron chi connectivity index (χ1n) is 6.05. The van der Waals surface area contributed by atoms with Crippen LogP contribution >= 0.6 is 45.8 Å². The molecule has 2 rings (SSSR count). The monoisotopic (exact) mass is 405 g/mol. The van der Waals surface area contributed by atoms with Crippen molar-refractivity contribution in [3.63, 3.8) is 0 Å². The van der Waals surface area contributed by atoms with E-state index in [-0.39, 0.29) is 6.04 Å². The lowest BCUT2D eigenvalue weighted by Crippen LogP contribution is -2.21. The molecule has 0 radical (unpaired) electrons. The molecule has 0 saturated carbocycles. The van der Waals surface area contributed by atoms with E-state index in [9.17, 15) is 0 Å². The summed E-state index contributed by atoms with van der Waals surface area (Å²) in [5, 5.41) is 5.01. The van der Waals surface area contributed by atoms with Crippen LogP contribution in [-0.2, 0) is 0 Å². The minimum atomic E-state index is 0.136. The molecule has 0 aromatic heterocycles. The Kier molecular flexibility index (Phi) is 5.51. The molecule has 4 heteroatoms. The van der Waals surface area contributed by atoms with Gasteiger partial charge in [0.25, 0.3) is 0 Å². The number of nitrogens with one attached hydrogen (secondary N) is 1. The summed E-state index contributed by atoms with van der Waals surface area (Å²) in [6.45, 7) is 2.98. The van der Waals surface area contributed by atoms with Crippen molar-refractivity contribution in [3.8, 4) is 0 Å². The molecular formula is C15H14Cl2IN. The van der Waals surface area contributed by atoms with Crippen molar-refractivity contribution < 1.29 is 0 Å². The van der Waals surface area contributed by atoms with Gasteiger partial charge < -0.3 is 5.32 Å². The zero-order valence-corrected chi connectivity index (χ0v) is 14.1. The van der Waals surface area contributed by atoms with Gasteiger partial charge in [0.2, 0.25) is 0 Å². The number of hydrogen-bond donors (Lipinski definition) is 1. The van der Waals surface area contributed by atoms with Crippen molar-refractivity contribution in [1.82, 2.24) is 5.32 Å². The summed E-state index contributed by atoms with van der Waals surface area (Å²) >= 11 is 14.4. The van der Waals surface area contributed by atoms with Gasteiger partial charge in [0, 0.05) is 8.59 Å². The van der Waals surface area contributed by atoms with Crippen molar-refractivity contribution >= 4 is 45.8 Å². The van der Waals surface area contributed by atoms with Crippen LogP contribution in [0.5, 0.6) is 0 Å². The standard InChI is InChI=1S/C15H14Cl2IN/c1-2-19-15(10-3-6-12(16)7-4-10)11-5-8-14(18)13(17)9-11/h3-9,15,19H,2H2,1H3. The van der Waals surface area contributed by atoms with Gasteiger partial charge in [-0.25, -0.2) is 0 Å². The van der Waals surface area contributed by atoms with E-state index in [1.54, 1.807) is 0 Å². The molecule has 0 spiro atoms. The number of halogens is 3. The second kappa shape index (κ2) is 6.93. The summed E-state index contributed by atoms with van der Waals surface area (Å²) in [5.74, 6) is 0. The summed E-state index contributed by atoms with van der Waals surface area (Å²) in [7, 11) is 0. The molecule has 1 N–H and O–H groups in total. The zero-order chi connectivity index (χ0) is 13.8. The van der Waals surface area contributed by atoms with Crippen molar-refractivity contribution in [2.45, 2.75) is 13.0 Å². The maximum Gasteiger partial charge on any atom is 0.0577 e. The molecule has 0 amide bonds. The van der Waals surface area contributed by atoms with Gasteiger partial charge in [-0.3, -0.25) is 0 Å². The lowest BCUT2D eigenvalue weighted by molar-refractivity contribution is 0.630. The molecule has 1 unspecified atom stereocenters. The minimum Gasteiger partial charge on any atom is -0.307 e. The quantitative estimate of drug-likeness (QED) is 0.680. The van der Waals surface area contributed by atoms with E-state index in [0.29, 0.717) is 0 Å². The maximum absolute atomic E-state index is 6.21.